The van der Waals surface area contributed by atoms with E-state index in [2.05, 4.69) is 10.1 Å². The van der Waals surface area contributed by atoms with Crippen molar-refractivity contribution in [2.75, 3.05) is 19.5 Å². The van der Waals surface area contributed by atoms with Crippen molar-refractivity contribution < 1.29 is 33.0 Å². The molecule has 0 aliphatic rings. The highest BCUT2D eigenvalue weighted by Gasteiger charge is 2.29. The van der Waals surface area contributed by atoms with Gasteiger partial charge in [-0.05, 0) is 50.5 Å². The molecule has 194 valence electrons. The number of halogens is 1. The monoisotopic (exact) mass is 507 g/mol. The minimum absolute atomic E-state index is 0.0836. The van der Waals surface area contributed by atoms with Crippen molar-refractivity contribution in [3.63, 3.8) is 0 Å². The molecule has 0 aliphatic heterocycles. The van der Waals surface area contributed by atoms with Crippen LogP contribution >= 0.6 is 0 Å². The summed E-state index contributed by atoms with van der Waals surface area (Å²) in [4.78, 5) is 38.5. The number of benzene rings is 3. The maximum absolute atomic E-state index is 15.3. The van der Waals surface area contributed by atoms with Gasteiger partial charge in [0.15, 0.2) is 5.78 Å². The molecule has 3 aromatic carbocycles. The first-order valence-electron chi connectivity index (χ1n) is 11.7. The molecule has 1 N–H and O–H groups in total. The Balaban J connectivity index is 2.12. The molecule has 0 heterocycles. The fourth-order valence-electron chi connectivity index (χ4n) is 3.86. The largest absolute Gasteiger partial charge is 0.497 e. The van der Waals surface area contributed by atoms with Crippen LogP contribution in [0.15, 0.2) is 66.7 Å². The van der Waals surface area contributed by atoms with E-state index in [0.29, 0.717) is 16.9 Å². The van der Waals surface area contributed by atoms with Gasteiger partial charge >= 0.3 is 12.1 Å². The fourth-order valence-corrected chi connectivity index (χ4v) is 3.86. The molecule has 0 saturated heterocycles. The number of rotatable bonds is 8. The quantitative estimate of drug-likeness (QED) is 0.289. The van der Waals surface area contributed by atoms with Crippen molar-refractivity contribution in [2.24, 2.45) is 0 Å². The van der Waals surface area contributed by atoms with Gasteiger partial charge in [-0.2, -0.15) is 0 Å². The number of carbonyl (C=O) groups excluding carboxylic acids is 3. The minimum atomic E-state index is -0.916. The van der Waals surface area contributed by atoms with Gasteiger partial charge in [-0.1, -0.05) is 48.5 Å². The molecule has 0 radical (unpaired) electrons. The highest BCUT2D eigenvalue weighted by Crippen LogP contribution is 2.35. The van der Waals surface area contributed by atoms with E-state index in [0.717, 1.165) is 0 Å². The van der Waals surface area contributed by atoms with Crippen molar-refractivity contribution in [3.8, 4) is 5.75 Å². The zero-order valence-corrected chi connectivity index (χ0v) is 21.5. The van der Waals surface area contributed by atoms with Crippen molar-refractivity contribution in [1.82, 2.24) is 0 Å². The van der Waals surface area contributed by atoms with Crippen LogP contribution in [0.5, 0.6) is 5.75 Å². The van der Waals surface area contributed by atoms with E-state index in [1.54, 1.807) is 69.3 Å². The Hall–Kier alpha value is -4.20. The van der Waals surface area contributed by atoms with Gasteiger partial charge in [0.05, 0.1) is 31.4 Å². The number of nitrogens with one attached hydrogen (secondary N) is 1. The normalized spacial score (nSPS) is 11.8. The number of methoxy groups -OCH3 is 2. The molecule has 7 nitrogen and oxygen atoms in total. The highest BCUT2D eigenvalue weighted by molar-refractivity contribution is 6.02. The van der Waals surface area contributed by atoms with Crippen molar-refractivity contribution in [2.45, 2.75) is 38.7 Å². The summed E-state index contributed by atoms with van der Waals surface area (Å²) in [6.07, 6.45) is -0.800. The van der Waals surface area contributed by atoms with Crippen molar-refractivity contribution in [3.05, 3.63) is 94.8 Å². The second-order valence-electron chi connectivity index (χ2n) is 9.34. The van der Waals surface area contributed by atoms with E-state index in [1.807, 2.05) is 0 Å². The fraction of sp³-hybridized carbons (Fsp3) is 0.276. The predicted molar refractivity (Wildman–Crippen MR) is 138 cm³/mol. The Morgan fingerprint density at radius 3 is 2.27 bits per heavy atom. The van der Waals surface area contributed by atoms with Gasteiger partial charge in [0, 0.05) is 11.6 Å². The molecule has 0 aromatic heterocycles. The van der Waals surface area contributed by atoms with Crippen LogP contribution in [0.3, 0.4) is 0 Å². The molecule has 0 fully saturated rings. The van der Waals surface area contributed by atoms with Crippen LogP contribution in [-0.4, -0.2) is 37.7 Å². The van der Waals surface area contributed by atoms with Gasteiger partial charge < -0.3 is 14.2 Å². The average molecular weight is 508 g/mol. The minimum Gasteiger partial charge on any atom is -0.497 e. The topological polar surface area (TPSA) is 90.9 Å². The summed E-state index contributed by atoms with van der Waals surface area (Å²) in [6.45, 7) is 5.20. The van der Waals surface area contributed by atoms with Crippen LogP contribution in [0.1, 0.15) is 58.5 Å². The first-order valence-corrected chi connectivity index (χ1v) is 11.7. The third-order valence-corrected chi connectivity index (χ3v) is 5.55. The van der Waals surface area contributed by atoms with Crippen LogP contribution in [0, 0.1) is 5.82 Å². The summed E-state index contributed by atoms with van der Waals surface area (Å²) in [6, 6.07) is 17.8. The molecule has 0 bridgehead atoms. The van der Waals surface area contributed by atoms with Gasteiger partial charge in [-0.3, -0.25) is 10.1 Å². The average Bonchev–Trinajstić information content (AvgIpc) is 2.86. The number of hydrogen-bond acceptors (Lipinski definition) is 6. The second-order valence-corrected chi connectivity index (χ2v) is 9.34. The predicted octanol–water partition coefficient (Wildman–Crippen LogP) is 6.18. The molecule has 0 spiro atoms. The molecule has 0 aliphatic carbocycles. The van der Waals surface area contributed by atoms with E-state index in [4.69, 9.17) is 9.47 Å². The molecule has 3 rings (SSSR count). The number of esters is 1. The highest BCUT2D eigenvalue weighted by atomic mass is 19.1. The van der Waals surface area contributed by atoms with E-state index < -0.39 is 29.4 Å². The number of carbonyl (C=O) groups is 3. The van der Waals surface area contributed by atoms with Gasteiger partial charge in [-0.15, -0.1) is 0 Å². The molecule has 37 heavy (non-hydrogen) atoms. The zero-order chi connectivity index (χ0) is 27.2. The Bertz CT molecular complexity index is 1280. The summed E-state index contributed by atoms with van der Waals surface area (Å²) in [5.74, 6) is -2.35. The summed E-state index contributed by atoms with van der Waals surface area (Å²) in [5.41, 5.74) is 0.302. The van der Waals surface area contributed by atoms with E-state index in [-0.39, 0.29) is 29.0 Å². The summed E-state index contributed by atoms with van der Waals surface area (Å²) >= 11 is 0. The second kappa shape index (κ2) is 11.7. The third-order valence-electron chi connectivity index (χ3n) is 5.55. The summed E-state index contributed by atoms with van der Waals surface area (Å²) < 4.78 is 30.8. The van der Waals surface area contributed by atoms with Crippen LogP contribution < -0.4 is 10.1 Å². The van der Waals surface area contributed by atoms with E-state index in [9.17, 15) is 14.4 Å². The first kappa shape index (κ1) is 27.4. The summed E-state index contributed by atoms with van der Waals surface area (Å²) in [5, 5.41) is 2.71. The smallest absolute Gasteiger partial charge is 0.412 e. The van der Waals surface area contributed by atoms with Crippen molar-refractivity contribution in [1.29, 1.82) is 0 Å². The maximum atomic E-state index is 15.3. The Morgan fingerprint density at radius 1 is 0.946 bits per heavy atom. The number of Topliss-reactive ketones (excluding diaryl/α,β-unsaturated/α-hetero) is 1. The Morgan fingerprint density at radius 2 is 1.65 bits per heavy atom. The lowest BCUT2D eigenvalue weighted by Crippen LogP contribution is -2.28. The van der Waals surface area contributed by atoms with Crippen LogP contribution in [0.4, 0.5) is 14.9 Å². The number of hydrogen-bond donors (Lipinski definition) is 1. The molecule has 1 amide bonds. The van der Waals surface area contributed by atoms with Gasteiger partial charge in [0.2, 0.25) is 0 Å². The number of amides is 1. The van der Waals surface area contributed by atoms with Crippen LogP contribution in [0.2, 0.25) is 0 Å². The third kappa shape index (κ3) is 6.94. The van der Waals surface area contributed by atoms with Gasteiger partial charge in [0.25, 0.3) is 0 Å². The number of ketones is 1. The Labute approximate surface area is 215 Å². The SMILES string of the molecule is COC(=O)c1cccc(CC(C(=O)c2ccccc2)c2ccc(OC)cc2NC(=O)OC(C)(C)C)c1F. The van der Waals surface area contributed by atoms with Gasteiger partial charge in [0.1, 0.15) is 17.2 Å². The molecule has 8 heteroatoms. The standard InChI is InChI=1S/C29H30FNO6/c1-29(2,3)37-28(34)31-24-17-20(35-4)14-15-21(24)23(26(32)18-10-7-6-8-11-18)16-19-12-9-13-22(25(19)30)27(33)36-5/h6-15,17,23H,16H2,1-5H3,(H,31,34). The lowest BCUT2D eigenvalue weighted by atomic mass is 9.84. The molecule has 0 saturated carbocycles. The van der Waals surface area contributed by atoms with E-state index >= 15 is 4.39 Å². The first-order chi connectivity index (χ1) is 17.5. The molecule has 3 aromatic rings. The van der Waals surface area contributed by atoms with Crippen molar-refractivity contribution >= 4 is 23.5 Å². The lowest BCUT2D eigenvalue weighted by molar-refractivity contribution is 0.0592. The maximum Gasteiger partial charge on any atom is 0.412 e. The zero-order valence-electron chi connectivity index (χ0n) is 21.5. The van der Waals surface area contributed by atoms with Gasteiger partial charge in [-0.25, -0.2) is 14.0 Å². The number of ether oxygens (including phenoxy) is 3. The lowest BCUT2D eigenvalue weighted by Gasteiger charge is -2.23. The summed E-state index contributed by atoms with van der Waals surface area (Å²) in [7, 11) is 2.65. The number of anilines is 1. The molecular formula is C29H30FNO6. The van der Waals surface area contributed by atoms with Crippen LogP contribution in [0.25, 0.3) is 0 Å². The Kier molecular flexibility index (Phi) is 8.65. The molecular weight excluding hydrogens is 477 g/mol. The molecule has 1 unspecified atom stereocenters. The van der Waals surface area contributed by atoms with E-state index in [1.165, 1.54) is 32.4 Å². The van der Waals surface area contributed by atoms with Crippen LogP contribution in [-0.2, 0) is 15.9 Å². The molecule has 1 atom stereocenters.